The van der Waals surface area contributed by atoms with Gasteiger partial charge in [0.25, 0.3) is 0 Å². The van der Waals surface area contributed by atoms with Crippen molar-refractivity contribution in [2.24, 2.45) is 0 Å². The van der Waals surface area contributed by atoms with Crippen molar-refractivity contribution in [3.05, 3.63) is 35.6 Å². The fourth-order valence-corrected chi connectivity index (χ4v) is 3.85. The van der Waals surface area contributed by atoms with Crippen molar-refractivity contribution < 1.29 is 14.0 Å². The standard InChI is InChI=1S/C19H26FN3O2/c1-22(17-7-2-3-8-17)13-18(24)21-16-10-19(25)23(12-16)11-14-5-4-6-15(20)9-14/h4-6,9,16-17H,2-3,7-8,10-13H2,1H3,(H,21,24)/t16-/m1/s1. The first-order valence-electron chi connectivity index (χ1n) is 9.03. The summed E-state index contributed by atoms with van der Waals surface area (Å²) >= 11 is 0. The predicted molar refractivity (Wildman–Crippen MR) is 93.3 cm³/mol. The molecule has 1 N–H and O–H groups in total. The average molecular weight is 347 g/mol. The molecule has 1 saturated carbocycles. The summed E-state index contributed by atoms with van der Waals surface area (Å²) in [4.78, 5) is 28.2. The zero-order valence-electron chi connectivity index (χ0n) is 14.7. The van der Waals surface area contributed by atoms with Gasteiger partial charge >= 0.3 is 0 Å². The molecule has 5 nitrogen and oxygen atoms in total. The minimum atomic E-state index is -0.302. The van der Waals surface area contributed by atoms with E-state index in [9.17, 15) is 14.0 Å². The van der Waals surface area contributed by atoms with Crippen LogP contribution in [0, 0.1) is 5.82 Å². The molecule has 0 radical (unpaired) electrons. The molecule has 0 unspecified atom stereocenters. The van der Waals surface area contributed by atoms with E-state index >= 15 is 0 Å². The molecule has 1 aliphatic heterocycles. The van der Waals surface area contributed by atoms with Crippen LogP contribution in [0.4, 0.5) is 4.39 Å². The summed E-state index contributed by atoms with van der Waals surface area (Å²) in [5.74, 6) is -0.331. The van der Waals surface area contributed by atoms with Crippen molar-refractivity contribution in [1.82, 2.24) is 15.1 Å². The van der Waals surface area contributed by atoms with E-state index in [0.29, 0.717) is 32.1 Å². The molecule has 6 heteroatoms. The topological polar surface area (TPSA) is 52.7 Å². The van der Waals surface area contributed by atoms with E-state index in [1.807, 2.05) is 7.05 Å². The molecule has 3 rings (SSSR count). The van der Waals surface area contributed by atoms with Crippen LogP contribution in [0.3, 0.4) is 0 Å². The highest BCUT2D eigenvalue weighted by atomic mass is 19.1. The number of hydrogen-bond donors (Lipinski definition) is 1. The highest BCUT2D eigenvalue weighted by Crippen LogP contribution is 2.22. The Kier molecular flexibility index (Phi) is 5.68. The van der Waals surface area contributed by atoms with E-state index < -0.39 is 0 Å². The number of benzene rings is 1. The summed E-state index contributed by atoms with van der Waals surface area (Å²) in [6.45, 7) is 1.23. The third kappa shape index (κ3) is 4.78. The molecule has 0 spiro atoms. The zero-order chi connectivity index (χ0) is 17.8. The summed E-state index contributed by atoms with van der Waals surface area (Å²) in [5.41, 5.74) is 0.765. The van der Waals surface area contributed by atoms with Gasteiger partial charge in [-0.05, 0) is 37.6 Å². The van der Waals surface area contributed by atoms with Crippen molar-refractivity contribution in [2.45, 2.75) is 50.7 Å². The number of nitrogens with zero attached hydrogens (tertiary/aromatic N) is 2. The summed E-state index contributed by atoms with van der Waals surface area (Å²) in [6, 6.07) is 6.61. The number of amides is 2. The fraction of sp³-hybridized carbons (Fsp3) is 0.579. The number of likely N-dealkylation sites (tertiary alicyclic amines) is 1. The Balaban J connectivity index is 1.47. The second-order valence-electron chi connectivity index (χ2n) is 7.23. The van der Waals surface area contributed by atoms with Crippen LogP contribution in [0.25, 0.3) is 0 Å². The highest BCUT2D eigenvalue weighted by molar-refractivity contribution is 5.83. The van der Waals surface area contributed by atoms with Crippen molar-refractivity contribution in [3.8, 4) is 0 Å². The molecule has 2 fully saturated rings. The van der Waals surface area contributed by atoms with Crippen LogP contribution in [-0.4, -0.2) is 53.8 Å². The smallest absolute Gasteiger partial charge is 0.234 e. The molecule has 2 aliphatic rings. The Labute approximate surface area is 148 Å². The maximum atomic E-state index is 13.3. The van der Waals surface area contributed by atoms with Crippen LogP contribution in [0.5, 0.6) is 0 Å². The maximum Gasteiger partial charge on any atom is 0.234 e. The molecule has 25 heavy (non-hydrogen) atoms. The van der Waals surface area contributed by atoms with Gasteiger partial charge in [0.15, 0.2) is 0 Å². The Hall–Kier alpha value is -1.95. The molecule has 1 atom stereocenters. The largest absolute Gasteiger partial charge is 0.350 e. The molecule has 1 saturated heterocycles. The lowest BCUT2D eigenvalue weighted by Gasteiger charge is -2.24. The second-order valence-corrected chi connectivity index (χ2v) is 7.23. The molecule has 0 bridgehead atoms. The third-order valence-electron chi connectivity index (χ3n) is 5.18. The molecule has 136 valence electrons. The SMILES string of the molecule is CN(CC(=O)N[C@@H]1CC(=O)N(Cc2cccc(F)c2)C1)C1CCCC1. The summed E-state index contributed by atoms with van der Waals surface area (Å²) in [7, 11) is 1.99. The first-order chi connectivity index (χ1) is 12.0. The van der Waals surface area contributed by atoms with E-state index in [1.165, 1.54) is 25.0 Å². The van der Waals surface area contributed by atoms with Gasteiger partial charge in [0.05, 0.1) is 12.6 Å². The Morgan fingerprint density at radius 3 is 2.84 bits per heavy atom. The third-order valence-corrected chi connectivity index (χ3v) is 5.18. The zero-order valence-corrected chi connectivity index (χ0v) is 14.7. The quantitative estimate of drug-likeness (QED) is 0.855. The molecule has 1 aromatic carbocycles. The van der Waals surface area contributed by atoms with Gasteiger partial charge in [-0.2, -0.15) is 0 Å². The predicted octanol–water partition coefficient (Wildman–Crippen LogP) is 1.92. The van der Waals surface area contributed by atoms with E-state index in [2.05, 4.69) is 10.2 Å². The normalized spacial score (nSPS) is 21.3. The second kappa shape index (κ2) is 7.95. The molecule has 1 aliphatic carbocycles. The number of rotatable bonds is 6. The van der Waals surface area contributed by atoms with E-state index in [0.717, 1.165) is 18.4 Å². The lowest BCUT2D eigenvalue weighted by molar-refractivity contribution is -0.128. The van der Waals surface area contributed by atoms with Crippen LogP contribution >= 0.6 is 0 Å². The van der Waals surface area contributed by atoms with Gasteiger partial charge in [0.1, 0.15) is 5.82 Å². The van der Waals surface area contributed by atoms with E-state index in [-0.39, 0.29) is 23.7 Å². The van der Waals surface area contributed by atoms with Crippen molar-refractivity contribution in [1.29, 1.82) is 0 Å². The van der Waals surface area contributed by atoms with E-state index in [4.69, 9.17) is 0 Å². The average Bonchev–Trinajstić information content (AvgIpc) is 3.18. The van der Waals surface area contributed by atoms with Crippen LogP contribution in [-0.2, 0) is 16.1 Å². The van der Waals surface area contributed by atoms with Gasteiger partial charge < -0.3 is 10.2 Å². The first kappa shape index (κ1) is 17.9. The molecular formula is C19H26FN3O2. The Morgan fingerprint density at radius 1 is 1.36 bits per heavy atom. The number of halogens is 1. The van der Waals surface area contributed by atoms with Gasteiger partial charge in [0, 0.05) is 25.6 Å². The fourth-order valence-electron chi connectivity index (χ4n) is 3.85. The first-order valence-corrected chi connectivity index (χ1v) is 9.03. The van der Waals surface area contributed by atoms with E-state index in [1.54, 1.807) is 17.0 Å². The van der Waals surface area contributed by atoms with Gasteiger partial charge in [-0.3, -0.25) is 14.5 Å². The summed E-state index contributed by atoms with van der Waals surface area (Å²) < 4.78 is 13.3. The van der Waals surface area contributed by atoms with Gasteiger partial charge in [-0.1, -0.05) is 25.0 Å². The monoisotopic (exact) mass is 347 g/mol. The Morgan fingerprint density at radius 2 is 2.12 bits per heavy atom. The number of nitrogens with one attached hydrogen (secondary N) is 1. The molecular weight excluding hydrogens is 321 g/mol. The summed E-state index contributed by atoms with van der Waals surface area (Å²) in [5, 5.41) is 2.97. The molecule has 0 aromatic heterocycles. The maximum absolute atomic E-state index is 13.3. The molecule has 1 heterocycles. The van der Waals surface area contributed by atoms with Gasteiger partial charge in [-0.15, -0.1) is 0 Å². The van der Waals surface area contributed by atoms with Gasteiger partial charge in [0.2, 0.25) is 11.8 Å². The van der Waals surface area contributed by atoms with Crippen molar-refractivity contribution in [2.75, 3.05) is 20.1 Å². The number of hydrogen-bond acceptors (Lipinski definition) is 3. The highest BCUT2D eigenvalue weighted by Gasteiger charge is 2.31. The number of carbonyl (C=O) groups excluding carboxylic acids is 2. The number of likely N-dealkylation sites (N-methyl/N-ethyl adjacent to an activating group) is 1. The molecule has 2 amide bonds. The van der Waals surface area contributed by atoms with Crippen molar-refractivity contribution in [3.63, 3.8) is 0 Å². The van der Waals surface area contributed by atoms with Crippen LogP contribution in [0.2, 0.25) is 0 Å². The lowest BCUT2D eigenvalue weighted by Crippen LogP contribution is -2.44. The van der Waals surface area contributed by atoms with Crippen LogP contribution in [0.1, 0.15) is 37.7 Å². The molecule has 1 aromatic rings. The van der Waals surface area contributed by atoms with Crippen LogP contribution in [0.15, 0.2) is 24.3 Å². The number of carbonyl (C=O) groups is 2. The lowest BCUT2D eigenvalue weighted by atomic mass is 10.2. The van der Waals surface area contributed by atoms with Gasteiger partial charge in [-0.25, -0.2) is 4.39 Å². The van der Waals surface area contributed by atoms with Crippen molar-refractivity contribution >= 4 is 11.8 Å². The summed E-state index contributed by atoms with van der Waals surface area (Å²) in [6.07, 6.45) is 5.11. The minimum absolute atomic E-state index is 0.00120. The minimum Gasteiger partial charge on any atom is -0.350 e. The van der Waals surface area contributed by atoms with Crippen LogP contribution < -0.4 is 5.32 Å². The Bertz CT molecular complexity index is 631.